The third-order valence-corrected chi connectivity index (χ3v) is 2.40. The van der Waals surface area contributed by atoms with Crippen LogP contribution in [0.2, 0.25) is 0 Å². The van der Waals surface area contributed by atoms with Crippen molar-refractivity contribution in [2.45, 2.75) is 32.2 Å². The second-order valence-electron chi connectivity index (χ2n) is 4.04. The van der Waals surface area contributed by atoms with Crippen molar-refractivity contribution < 1.29 is 44.3 Å². The zero-order chi connectivity index (χ0) is 12.7. The van der Waals surface area contributed by atoms with Gasteiger partial charge in [-0.15, -0.1) is 0 Å². The van der Waals surface area contributed by atoms with E-state index >= 15 is 0 Å². The summed E-state index contributed by atoms with van der Waals surface area (Å²) in [7, 11) is 0. The Kier molecular flexibility index (Phi) is 8.71. The fraction of sp³-hybridized carbons (Fsp3) is 0.385. The molecule has 0 bridgehead atoms. The number of hydrogen-bond donors (Lipinski definition) is 1. The van der Waals surface area contributed by atoms with Crippen molar-refractivity contribution in [1.82, 2.24) is 5.32 Å². The average Bonchev–Trinajstić information content (AvgIpc) is 2.27. The van der Waals surface area contributed by atoms with Crippen LogP contribution in [0.5, 0.6) is 0 Å². The zero-order valence-corrected chi connectivity index (χ0v) is 12.8. The predicted molar refractivity (Wildman–Crippen MR) is 62.0 cm³/mol. The normalized spacial score (nSPS) is 11.2. The number of rotatable bonds is 6. The molecule has 0 saturated carbocycles. The number of amides is 1. The number of nitrogens with one attached hydrogen (secondary N) is 1. The molecule has 1 N–H and O–H groups in total. The SMILES string of the molecule is CC(CCC(=O)[O-])NC(=O)Cc1ccccc1.[Na+]. The maximum atomic E-state index is 11.6. The predicted octanol–water partition coefficient (Wildman–Crippen LogP) is -2.73. The van der Waals surface area contributed by atoms with Gasteiger partial charge in [-0.1, -0.05) is 30.3 Å². The van der Waals surface area contributed by atoms with Crippen molar-refractivity contribution in [1.29, 1.82) is 0 Å². The molecule has 0 saturated heterocycles. The quantitative estimate of drug-likeness (QED) is 0.562. The van der Waals surface area contributed by atoms with Crippen LogP contribution in [0.1, 0.15) is 25.3 Å². The maximum Gasteiger partial charge on any atom is 1.00 e. The summed E-state index contributed by atoms with van der Waals surface area (Å²) in [4.78, 5) is 21.9. The van der Waals surface area contributed by atoms with E-state index in [4.69, 9.17) is 0 Å². The summed E-state index contributed by atoms with van der Waals surface area (Å²) < 4.78 is 0. The first-order valence-corrected chi connectivity index (χ1v) is 5.61. The summed E-state index contributed by atoms with van der Waals surface area (Å²) in [6, 6.07) is 9.26. The summed E-state index contributed by atoms with van der Waals surface area (Å²) in [5.41, 5.74) is 0.942. The van der Waals surface area contributed by atoms with E-state index in [1.807, 2.05) is 30.3 Å². The number of carboxylic acid groups (broad SMARTS) is 1. The molecule has 18 heavy (non-hydrogen) atoms. The number of aliphatic carboxylic acids is 1. The third kappa shape index (κ3) is 7.48. The summed E-state index contributed by atoms with van der Waals surface area (Å²) >= 11 is 0. The molecular weight excluding hydrogens is 241 g/mol. The van der Waals surface area contributed by atoms with Crippen LogP contribution in [0, 0.1) is 0 Å². The Morgan fingerprint density at radius 1 is 1.28 bits per heavy atom. The standard InChI is InChI=1S/C13H17NO3.Na/c1-10(7-8-13(16)17)14-12(15)9-11-5-3-2-4-6-11;/h2-6,10H,7-9H2,1H3,(H,14,15)(H,16,17);/q;+1/p-1. The van der Waals surface area contributed by atoms with Crippen molar-refractivity contribution in [3.05, 3.63) is 35.9 Å². The molecule has 92 valence electrons. The van der Waals surface area contributed by atoms with Crippen molar-refractivity contribution in [2.75, 3.05) is 0 Å². The van der Waals surface area contributed by atoms with Crippen molar-refractivity contribution >= 4 is 11.9 Å². The molecule has 1 atom stereocenters. The third-order valence-electron chi connectivity index (χ3n) is 2.40. The Labute approximate surface area is 129 Å². The molecule has 1 amide bonds. The van der Waals surface area contributed by atoms with E-state index in [1.165, 1.54) is 0 Å². The fourth-order valence-electron chi connectivity index (χ4n) is 1.51. The number of benzene rings is 1. The van der Waals surface area contributed by atoms with Crippen LogP contribution in [-0.4, -0.2) is 17.9 Å². The summed E-state index contributed by atoms with van der Waals surface area (Å²) in [6.07, 6.45) is 0.673. The van der Waals surface area contributed by atoms with Gasteiger partial charge in [-0.3, -0.25) is 4.79 Å². The van der Waals surface area contributed by atoms with Crippen molar-refractivity contribution in [3.8, 4) is 0 Å². The minimum Gasteiger partial charge on any atom is -0.550 e. The van der Waals surface area contributed by atoms with E-state index in [-0.39, 0.29) is 47.9 Å². The van der Waals surface area contributed by atoms with E-state index in [1.54, 1.807) is 6.92 Å². The van der Waals surface area contributed by atoms with Gasteiger partial charge in [0, 0.05) is 12.0 Å². The second kappa shape index (κ2) is 9.14. The molecule has 1 aromatic carbocycles. The fourth-order valence-corrected chi connectivity index (χ4v) is 1.51. The summed E-state index contributed by atoms with van der Waals surface area (Å²) in [5.74, 6) is -1.18. The van der Waals surface area contributed by atoms with Gasteiger partial charge in [-0.25, -0.2) is 0 Å². The Bertz CT molecular complexity index is 381. The van der Waals surface area contributed by atoms with E-state index in [9.17, 15) is 14.7 Å². The molecule has 0 aromatic heterocycles. The molecule has 4 nitrogen and oxygen atoms in total. The van der Waals surface area contributed by atoms with Gasteiger partial charge in [-0.2, -0.15) is 0 Å². The van der Waals surface area contributed by atoms with Gasteiger partial charge in [-0.05, 0) is 25.3 Å². The van der Waals surface area contributed by atoms with E-state index < -0.39 is 5.97 Å². The van der Waals surface area contributed by atoms with Crippen LogP contribution in [0.4, 0.5) is 0 Å². The first kappa shape index (κ1) is 17.2. The molecule has 0 fully saturated rings. The van der Waals surface area contributed by atoms with Gasteiger partial charge in [0.1, 0.15) is 0 Å². The van der Waals surface area contributed by atoms with Crippen LogP contribution < -0.4 is 40.0 Å². The molecule has 1 rings (SSSR count). The molecular formula is C13H16NNaO3. The van der Waals surface area contributed by atoms with E-state index in [0.717, 1.165) is 5.56 Å². The maximum absolute atomic E-state index is 11.6. The van der Waals surface area contributed by atoms with Crippen LogP contribution >= 0.6 is 0 Å². The largest absolute Gasteiger partial charge is 1.00 e. The van der Waals surface area contributed by atoms with Gasteiger partial charge < -0.3 is 15.2 Å². The molecule has 5 heteroatoms. The Morgan fingerprint density at radius 2 is 1.89 bits per heavy atom. The van der Waals surface area contributed by atoms with Gasteiger partial charge >= 0.3 is 29.6 Å². The first-order valence-electron chi connectivity index (χ1n) is 5.61. The summed E-state index contributed by atoms with van der Waals surface area (Å²) in [5, 5.41) is 13.0. The second-order valence-corrected chi connectivity index (χ2v) is 4.04. The van der Waals surface area contributed by atoms with Gasteiger partial charge in [0.15, 0.2) is 0 Å². The number of hydrogen-bond acceptors (Lipinski definition) is 3. The van der Waals surface area contributed by atoms with Crippen LogP contribution in [0.3, 0.4) is 0 Å². The molecule has 1 aromatic rings. The van der Waals surface area contributed by atoms with Gasteiger partial charge in [0.05, 0.1) is 6.42 Å². The Balaban J connectivity index is 0.00000289. The molecule has 0 heterocycles. The monoisotopic (exact) mass is 257 g/mol. The number of carbonyl (C=O) groups is 2. The van der Waals surface area contributed by atoms with Gasteiger partial charge in [0.25, 0.3) is 0 Å². The Hall–Kier alpha value is -0.840. The van der Waals surface area contributed by atoms with E-state index in [2.05, 4.69) is 5.32 Å². The molecule has 1 unspecified atom stereocenters. The zero-order valence-electron chi connectivity index (χ0n) is 10.8. The van der Waals surface area contributed by atoms with Gasteiger partial charge in [0.2, 0.25) is 5.91 Å². The van der Waals surface area contributed by atoms with Crippen molar-refractivity contribution in [2.24, 2.45) is 0 Å². The van der Waals surface area contributed by atoms with E-state index in [0.29, 0.717) is 12.8 Å². The minimum absolute atomic E-state index is 0. The average molecular weight is 257 g/mol. The Morgan fingerprint density at radius 3 is 2.44 bits per heavy atom. The first-order chi connectivity index (χ1) is 8.08. The van der Waals surface area contributed by atoms with Crippen LogP contribution in [0.15, 0.2) is 30.3 Å². The summed E-state index contributed by atoms with van der Waals surface area (Å²) in [6.45, 7) is 1.78. The molecule has 0 radical (unpaired) electrons. The molecule has 0 spiro atoms. The molecule has 0 aliphatic rings. The number of carboxylic acids is 1. The smallest absolute Gasteiger partial charge is 0.550 e. The number of carbonyl (C=O) groups excluding carboxylic acids is 2. The van der Waals surface area contributed by atoms with Crippen LogP contribution in [0.25, 0.3) is 0 Å². The van der Waals surface area contributed by atoms with Crippen molar-refractivity contribution in [3.63, 3.8) is 0 Å². The van der Waals surface area contributed by atoms with Crippen LogP contribution in [-0.2, 0) is 16.0 Å². The molecule has 0 aliphatic carbocycles. The molecule has 0 aliphatic heterocycles. The topological polar surface area (TPSA) is 69.2 Å². The minimum atomic E-state index is -1.09.